The molecule has 0 aromatic heterocycles. The third-order valence-electron chi connectivity index (χ3n) is 4.39. The summed E-state index contributed by atoms with van der Waals surface area (Å²) in [6.45, 7) is 0. The molecular formula is C15H15F4N. The maximum Gasteiger partial charge on any atom is 0.419 e. The number of halogens is 4. The van der Waals surface area contributed by atoms with E-state index in [1.54, 1.807) is 0 Å². The normalized spacial score (nSPS) is 26.8. The van der Waals surface area contributed by atoms with Gasteiger partial charge in [0.2, 0.25) is 0 Å². The highest BCUT2D eigenvalue weighted by Gasteiger charge is 2.36. The van der Waals surface area contributed by atoms with Crippen LogP contribution in [0, 0.1) is 5.82 Å². The monoisotopic (exact) mass is 285 g/mol. The Hall–Kier alpha value is -1.36. The molecule has 0 spiro atoms. The number of likely N-dealkylation sites (N-methyl/N-ethyl adjacent to an activating group) is 1. The predicted molar refractivity (Wildman–Crippen MR) is 68.6 cm³/mol. The molecule has 2 aliphatic heterocycles. The predicted octanol–water partition coefficient (Wildman–Crippen LogP) is 4.09. The first-order valence-corrected chi connectivity index (χ1v) is 6.66. The highest BCUT2D eigenvalue weighted by atomic mass is 19.4. The number of alkyl halides is 3. The molecule has 5 heteroatoms. The van der Waals surface area contributed by atoms with Crippen molar-refractivity contribution in [3.8, 4) is 0 Å². The van der Waals surface area contributed by atoms with E-state index in [9.17, 15) is 17.6 Å². The lowest BCUT2D eigenvalue weighted by Gasteiger charge is -2.30. The van der Waals surface area contributed by atoms with E-state index in [0.717, 1.165) is 37.0 Å². The van der Waals surface area contributed by atoms with Gasteiger partial charge in [-0.1, -0.05) is 12.1 Å². The van der Waals surface area contributed by atoms with E-state index in [4.69, 9.17) is 0 Å². The second-order valence-corrected chi connectivity index (χ2v) is 5.55. The van der Waals surface area contributed by atoms with Crippen molar-refractivity contribution in [2.75, 3.05) is 7.05 Å². The Bertz CT molecular complexity index is 561. The molecule has 1 saturated heterocycles. The van der Waals surface area contributed by atoms with Gasteiger partial charge in [0.15, 0.2) is 0 Å². The smallest absolute Gasteiger partial charge is 0.297 e. The number of hydrogen-bond acceptors (Lipinski definition) is 1. The number of benzene rings is 1. The Morgan fingerprint density at radius 1 is 1.20 bits per heavy atom. The zero-order valence-corrected chi connectivity index (χ0v) is 11.0. The average Bonchev–Trinajstić information content (AvgIpc) is 2.61. The molecule has 20 heavy (non-hydrogen) atoms. The third kappa shape index (κ3) is 2.24. The van der Waals surface area contributed by atoms with E-state index in [-0.39, 0.29) is 0 Å². The summed E-state index contributed by atoms with van der Waals surface area (Å²) in [5.41, 5.74) is 0.335. The van der Waals surface area contributed by atoms with Gasteiger partial charge in [-0.25, -0.2) is 4.39 Å². The topological polar surface area (TPSA) is 3.24 Å². The third-order valence-corrected chi connectivity index (χ3v) is 4.39. The molecule has 0 saturated carbocycles. The molecule has 108 valence electrons. The van der Waals surface area contributed by atoms with Crippen molar-refractivity contribution in [1.29, 1.82) is 0 Å². The fourth-order valence-electron chi connectivity index (χ4n) is 3.20. The van der Waals surface area contributed by atoms with Crippen molar-refractivity contribution in [3.05, 3.63) is 41.2 Å². The molecule has 2 atom stereocenters. The zero-order valence-electron chi connectivity index (χ0n) is 11.0. The van der Waals surface area contributed by atoms with Gasteiger partial charge < -0.3 is 0 Å². The van der Waals surface area contributed by atoms with Gasteiger partial charge in [-0.15, -0.1) is 0 Å². The summed E-state index contributed by atoms with van der Waals surface area (Å²) < 4.78 is 51.3. The Balaban J connectivity index is 1.93. The Morgan fingerprint density at radius 3 is 2.55 bits per heavy atom. The van der Waals surface area contributed by atoms with Gasteiger partial charge in [0.05, 0.1) is 5.56 Å². The maximum atomic E-state index is 13.6. The van der Waals surface area contributed by atoms with Crippen LogP contribution in [0.3, 0.4) is 0 Å². The fraction of sp³-hybridized carbons (Fsp3) is 0.467. The minimum atomic E-state index is -4.64. The molecule has 0 amide bonds. The molecule has 3 rings (SSSR count). The summed E-state index contributed by atoms with van der Waals surface area (Å²) in [6, 6.07) is 3.98. The molecule has 1 nitrogen and oxygen atoms in total. The molecule has 0 aliphatic carbocycles. The van der Waals surface area contributed by atoms with E-state index < -0.39 is 17.6 Å². The summed E-state index contributed by atoms with van der Waals surface area (Å²) in [5, 5.41) is 0. The van der Waals surface area contributed by atoms with Crippen molar-refractivity contribution >= 4 is 5.57 Å². The number of rotatable bonds is 1. The number of fused-ring (bicyclic) bond motifs is 2. The lowest BCUT2D eigenvalue weighted by molar-refractivity contribution is -0.140. The van der Waals surface area contributed by atoms with Gasteiger partial charge in [0.1, 0.15) is 5.82 Å². The molecule has 1 aromatic carbocycles. The van der Waals surface area contributed by atoms with Crippen LogP contribution >= 0.6 is 0 Å². The molecule has 0 radical (unpaired) electrons. The summed E-state index contributed by atoms with van der Waals surface area (Å²) in [7, 11) is 2.06. The van der Waals surface area contributed by atoms with Crippen LogP contribution in [0.1, 0.15) is 30.4 Å². The fourth-order valence-corrected chi connectivity index (χ4v) is 3.20. The van der Waals surface area contributed by atoms with Crippen LogP contribution < -0.4 is 0 Å². The van der Waals surface area contributed by atoms with E-state index in [1.165, 1.54) is 6.07 Å². The highest BCUT2D eigenvalue weighted by Crippen LogP contribution is 2.39. The number of nitrogens with zero attached hydrogens (tertiary/aromatic N) is 1. The summed E-state index contributed by atoms with van der Waals surface area (Å²) in [4.78, 5) is 2.28. The highest BCUT2D eigenvalue weighted by molar-refractivity contribution is 5.68. The van der Waals surface area contributed by atoms with Crippen LogP contribution in [-0.4, -0.2) is 24.0 Å². The molecule has 2 heterocycles. The lowest BCUT2D eigenvalue weighted by Crippen LogP contribution is -2.34. The molecule has 1 fully saturated rings. The van der Waals surface area contributed by atoms with Crippen LogP contribution in [0.4, 0.5) is 17.6 Å². The standard InChI is InChI=1S/C15H15F4N/c1-20-11-3-4-12(20)7-10(6-11)9-2-5-13(14(16)8-9)15(17,18)19/h2,5-6,8,11-12H,3-4,7H2,1H3. The molecule has 1 aromatic rings. The van der Waals surface area contributed by atoms with E-state index in [2.05, 4.69) is 18.0 Å². The van der Waals surface area contributed by atoms with E-state index in [1.807, 2.05) is 0 Å². The van der Waals surface area contributed by atoms with Crippen LogP contribution in [0.5, 0.6) is 0 Å². The molecule has 2 aliphatic rings. The Kier molecular flexibility index (Phi) is 3.12. The van der Waals surface area contributed by atoms with Crippen LogP contribution in [0.25, 0.3) is 5.57 Å². The second-order valence-electron chi connectivity index (χ2n) is 5.55. The SMILES string of the molecule is CN1C2C=C(c3ccc(C(F)(F)F)c(F)c3)CC1CC2. The van der Waals surface area contributed by atoms with E-state index in [0.29, 0.717) is 17.6 Å². The van der Waals surface area contributed by atoms with Crippen molar-refractivity contribution in [1.82, 2.24) is 4.90 Å². The van der Waals surface area contributed by atoms with Crippen molar-refractivity contribution in [3.63, 3.8) is 0 Å². The van der Waals surface area contributed by atoms with Crippen molar-refractivity contribution in [2.24, 2.45) is 0 Å². The Morgan fingerprint density at radius 2 is 1.95 bits per heavy atom. The second kappa shape index (κ2) is 4.58. The van der Waals surface area contributed by atoms with Gasteiger partial charge in [0.25, 0.3) is 0 Å². The van der Waals surface area contributed by atoms with Crippen LogP contribution in [0.2, 0.25) is 0 Å². The van der Waals surface area contributed by atoms with Crippen molar-refractivity contribution in [2.45, 2.75) is 37.5 Å². The van der Waals surface area contributed by atoms with Gasteiger partial charge in [-0.2, -0.15) is 13.2 Å². The molecule has 0 N–H and O–H groups in total. The Labute approximate surface area is 114 Å². The quantitative estimate of drug-likeness (QED) is 0.702. The summed E-state index contributed by atoms with van der Waals surface area (Å²) >= 11 is 0. The van der Waals surface area contributed by atoms with Gasteiger partial charge in [0, 0.05) is 12.1 Å². The molecular weight excluding hydrogens is 270 g/mol. The van der Waals surface area contributed by atoms with Gasteiger partial charge >= 0.3 is 6.18 Å². The average molecular weight is 285 g/mol. The van der Waals surface area contributed by atoms with Crippen LogP contribution in [0.15, 0.2) is 24.3 Å². The summed E-state index contributed by atoms with van der Waals surface area (Å²) in [6.07, 6.45) is 0.351. The zero-order chi connectivity index (χ0) is 14.5. The number of hydrogen-bond donors (Lipinski definition) is 0. The van der Waals surface area contributed by atoms with Crippen molar-refractivity contribution < 1.29 is 17.6 Å². The van der Waals surface area contributed by atoms with Crippen LogP contribution in [-0.2, 0) is 6.18 Å². The van der Waals surface area contributed by atoms with E-state index >= 15 is 0 Å². The largest absolute Gasteiger partial charge is 0.419 e. The van der Waals surface area contributed by atoms with Gasteiger partial charge in [-0.3, -0.25) is 4.90 Å². The van der Waals surface area contributed by atoms with Gasteiger partial charge in [-0.05, 0) is 49.6 Å². The minimum Gasteiger partial charge on any atom is -0.297 e. The first kappa shape index (κ1) is 13.6. The first-order valence-electron chi connectivity index (χ1n) is 6.66. The molecule has 2 unspecified atom stereocenters. The molecule has 2 bridgehead atoms. The first-order chi connectivity index (χ1) is 9.36. The minimum absolute atomic E-state index is 0.328. The summed E-state index contributed by atoms with van der Waals surface area (Å²) in [5.74, 6) is -1.19. The maximum absolute atomic E-state index is 13.6. The lowest BCUT2D eigenvalue weighted by atomic mass is 9.94.